The van der Waals surface area contributed by atoms with Crippen molar-refractivity contribution < 1.29 is 18.0 Å². The summed E-state index contributed by atoms with van der Waals surface area (Å²) in [6.07, 6.45) is -1.39. The molecule has 4 nitrogen and oxygen atoms in total. The van der Waals surface area contributed by atoms with E-state index in [-0.39, 0.29) is 18.0 Å². The number of carbonyl (C=O) groups is 1. The number of nitrogens with one attached hydrogen (secondary N) is 2. The first-order valence-electron chi connectivity index (χ1n) is 10.1. The van der Waals surface area contributed by atoms with E-state index in [1.807, 2.05) is 0 Å². The highest BCUT2D eigenvalue weighted by Crippen LogP contribution is 2.41. The average molecular weight is 397 g/mol. The minimum absolute atomic E-state index is 0.0229. The second-order valence-electron chi connectivity index (χ2n) is 8.52. The van der Waals surface area contributed by atoms with Gasteiger partial charge in [0.15, 0.2) is 0 Å². The van der Waals surface area contributed by atoms with Crippen LogP contribution in [0.5, 0.6) is 0 Å². The van der Waals surface area contributed by atoms with Crippen LogP contribution in [0, 0.1) is 17.8 Å². The number of carbonyl (C=O) groups excluding carboxylic acids is 1. The lowest BCUT2D eigenvalue weighted by Gasteiger charge is -2.28. The predicted octanol–water partition coefficient (Wildman–Crippen LogP) is 3.67. The third kappa shape index (κ3) is 4.62. The van der Waals surface area contributed by atoms with Gasteiger partial charge in [-0.2, -0.15) is 13.2 Å². The zero-order chi connectivity index (χ0) is 20.5. The Balaban J connectivity index is 1.65. The summed E-state index contributed by atoms with van der Waals surface area (Å²) in [4.78, 5) is 14.4. The zero-order valence-corrected chi connectivity index (χ0v) is 16.7. The molecule has 0 spiro atoms. The van der Waals surface area contributed by atoms with E-state index >= 15 is 0 Å². The summed E-state index contributed by atoms with van der Waals surface area (Å²) in [5.41, 5.74) is 0.225. The molecule has 1 amide bonds. The molecule has 2 aliphatic rings. The molecule has 0 radical (unpaired) electrons. The molecule has 4 atom stereocenters. The van der Waals surface area contributed by atoms with Crippen LogP contribution in [0.3, 0.4) is 0 Å². The van der Waals surface area contributed by atoms with Crippen LogP contribution in [0.25, 0.3) is 0 Å². The second-order valence-corrected chi connectivity index (χ2v) is 8.52. The van der Waals surface area contributed by atoms with Crippen molar-refractivity contribution in [3.8, 4) is 0 Å². The molecule has 0 aromatic heterocycles. The molecule has 1 aromatic rings. The van der Waals surface area contributed by atoms with Crippen LogP contribution in [0.1, 0.15) is 38.7 Å². The van der Waals surface area contributed by atoms with Crippen LogP contribution in [-0.4, -0.2) is 38.1 Å². The molecule has 3 rings (SSSR count). The Hall–Kier alpha value is -1.76. The largest absolute Gasteiger partial charge is 0.416 e. The van der Waals surface area contributed by atoms with Crippen LogP contribution >= 0.6 is 0 Å². The van der Waals surface area contributed by atoms with E-state index < -0.39 is 11.7 Å². The topological polar surface area (TPSA) is 44.4 Å². The molecular weight excluding hydrogens is 367 g/mol. The summed E-state index contributed by atoms with van der Waals surface area (Å²) < 4.78 is 38.4. The number of benzene rings is 1. The van der Waals surface area contributed by atoms with E-state index in [1.54, 1.807) is 19.2 Å². The molecular formula is C21H30F3N3O. The van der Waals surface area contributed by atoms with E-state index in [2.05, 4.69) is 29.4 Å². The van der Waals surface area contributed by atoms with Crippen LogP contribution in [0.15, 0.2) is 24.3 Å². The highest BCUT2D eigenvalue weighted by molar-refractivity contribution is 5.81. The van der Waals surface area contributed by atoms with Crippen LogP contribution < -0.4 is 15.5 Å². The van der Waals surface area contributed by atoms with Crippen molar-refractivity contribution in [1.29, 1.82) is 0 Å². The van der Waals surface area contributed by atoms with Gasteiger partial charge in [-0.15, -0.1) is 0 Å². The predicted molar refractivity (Wildman–Crippen MR) is 104 cm³/mol. The quantitative estimate of drug-likeness (QED) is 0.770. The fourth-order valence-electron chi connectivity index (χ4n) is 4.70. The fraction of sp³-hybridized carbons (Fsp3) is 0.667. The molecule has 1 heterocycles. The van der Waals surface area contributed by atoms with E-state index in [0.29, 0.717) is 17.8 Å². The third-order valence-electron chi connectivity index (χ3n) is 6.10. The molecule has 1 saturated carbocycles. The lowest BCUT2D eigenvalue weighted by Crippen LogP contribution is -2.50. The molecule has 156 valence electrons. The van der Waals surface area contributed by atoms with E-state index in [4.69, 9.17) is 0 Å². The van der Waals surface area contributed by atoms with Gasteiger partial charge in [-0.1, -0.05) is 13.8 Å². The van der Waals surface area contributed by atoms with Crippen LogP contribution in [0.2, 0.25) is 0 Å². The number of rotatable bonds is 6. The van der Waals surface area contributed by atoms with Crippen LogP contribution in [0.4, 0.5) is 18.9 Å². The molecule has 0 unspecified atom stereocenters. The van der Waals surface area contributed by atoms with Crippen molar-refractivity contribution >= 4 is 11.6 Å². The van der Waals surface area contributed by atoms with Crippen molar-refractivity contribution in [1.82, 2.24) is 10.6 Å². The molecule has 2 N–H and O–H groups in total. The van der Waals surface area contributed by atoms with Gasteiger partial charge in [0.05, 0.1) is 11.6 Å². The molecule has 1 aliphatic carbocycles. The molecule has 7 heteroatoms. The summed E-state index contributed by atoms with van der Waals surface area (Å²) in [6.45, 7) is 5.90. The molecule has 1 saturated heterocycles. The number of fused-ring (bicyclic) bond motifs is 1. The SMILES string of the molecule is CNC(=O)[C@H](CC(C)C)N[C@H]1CC[C@@H]2CN(c3ccc(C(F)(F)F)cc3)C[C@@H]21. The minimum Gasteiger partial charge on any atom is -0.371 e. The van der Waals surface area contributed by atoms with Gasteiger partial charge in [-0.3, -0.25) is 4.79 Å². The van der Waals surface area contributed by atoms with Crippen molar-refractivity contribution in [3.63, 3.8) is 0 Å². The van der Waals surface area contributed by atoms with Gasteiger partial charge < -0.3 is 15.5 Å². The summed E-state index contributed by atoms with van der Waals surface area (Å²) in [6, 6.07) is 5.52. The number of likely N-dealkylation sites (N-methyl/N-ethyl adjacent to an activating group) is 1. The Kier molecular flexibility index (Phi) is 6.22. The summed E-state index contributed by atoms with van der Waals surface area (Å²) >= 11 is 0. The molecule has 2 fully saturated rings. The highest BCUT2D eigenvalue weighted by Gasteiger charge is 2.43. The van der Waals surface area contributed by atoms with Crippen LogP contribution in [-0.2, 0) is 11.0 Å². The number of alkyl halides is 3. The number of nitrogens with zero attached hydrogens (tertiary/aromatic N) is 1. The maximum atomic E-state index is 12.8. The van der Waals surface area contributed by atoms with E-state index in [9.17, 15) is 18.0 Å². The monoisotopic (exact) mass is 397 g/mol. The Bertz CT molecular complexity index is 674. The van der Waals surface area contributed by atoms with Crippen molar-refractivity contribution in [2.45, 2.75) is 51.4 Å². The maximum Gasteiger partial charge on any atom is 0.416 e. The smallest absolute Gasteiger partial charge is 0.371 e. The normalized spacial score (nSPS) is 25.8. The first kappa shape index (κ1) is 21.0. The molecule has 1 aliphatic heterocycles. The maximum absolute atomic E-state index is 12.8. The van der Waals surface area contributed by atoms with Gasteiger partial charge >= 0.3 is 6.18 Å². The lowest BCUT2D eigenvalue weighted by atomic mass is 9.95. The zero-order valence-electron chi connectivity index (χ0n) is 16.7. The van der Waals surface area contributed by atoms with Gasteiger partial charge in [0.25, 0.3) is 0 Å². The van der Waals surface area contributed by atoms with Gasteiger partial charge in [0.2, 0.25) is 5.91 Å². The molecule has 28 heavy (non-hydrogen) atoms. The minimum atomic E-state index is -4.31. The fourth-order valence-corrected chi connectivity index (χ4v) is 4.70. The van der Waals surface area contributed by atoms with Crippen molar-refractivity contribution in [2.24, 2.45) is 17.8 Å². The third-order valence-corrected chi connectivity index (χ3v) is 6.10. The second kappa shape index (κ2) is 8.31. The van der Waals surface area contributed by atoms with E-state index in [0.717, 1.165) is 50.2 Å². The molecule has 0 bridgehead atoms. The van der Waals surface area contributed by atoms with Gasteiger partial charge in [-0.25, -0.2) is 0 Å². The number of hydrogen-bond acceptors (Lipinski definition) is 3. The Labute approximate surface area is 164 Å². The summed E-state index contributed by atoms with van der Waals surface area (Å²) in [5.74, 6) is 1.37. The molecule has 1 aromatic carbocycles. The first-order valence-corrected chi connectivity index (χ1v) is 10.1. The number of halogens is 3. The van der Waals surface area contributed by atoms with Crippen molar-refractivity contribution in [2.75, 3.05) is 25.0 Å². The number of amides is 1. The highest BCUT2D eigenvalue weighted by atomic mass is 19.4. The van der Waals surface area contributed by atoms with Gasteiger partial charge in [-0.05, 0) is 61.3 Å². The Morgan fingerprint density at radius 1 is 1.18 bits per heavy atom. The number of anilines is 1. The summed E-state index contributed by atoms with van der Waals surface area (Å²) in [7, 11) is 1.66. The number of hydrogen-bond donors (Lipinski definition) is 2. The Morgan fingerprint density at radius 3 is 2.43 bits per heavy atom. The standard InChI is InChI=1S/C21H30F3N3O/c1-13(2)10-19(20(28)25-3)26-18-9-4-14-11-27(12-17(14)18)16-7-5-15(6-8-16)21(22,23)24/h5-8,13-14,17-19,26H,4,9-12H2,1-3H3,(H,25,28)/t14-,17+,18+,19+/m1/s1. The first-order chi connectivity index (χ1) is 13.2. The summed E-state index contributed by atoms with van der Waals surface area (Å²) in [5, 5.41) is 6.34. The Morgan fingerprint density at radius 2 is 1.86 bits per heavy atom. The van der Waals surface area contributed by atoms with Gasteiger partial charge in [0, 0.05) is 31.9 Å². The van der Waals surface area contributed by atoms with E-state index in [1.165, 1.54) is 0 Å². The van der Waals surface area contributed by atoms with Crippen molar-refractivity contribution in [3.05, 3.63) is 29.8 Å². The average Bonchev–Trinajstić information content (AvgIpc) is 3.21. The lowest BCUT2D eigenvalue weighted by molar-refractivity contribution is -0.137. The van der Waals surface area contributed by atoms with Gasteiger partial charge in [0.1, 0.15) is 0 Å².